The van der Waals surface area contributed by atoms with E-state index in [2.05, 4.69) is 14.9 Å². The molecule has 0 fully saturated rings. The Labute approximate surface area is 177 Å². The van der Waals surface area contributed by atoms with Gasteiger partial charge in [-0.25, -0.2) is 0 Å². The van der Waals surface area contributed by atoms with Crippen LogP contribution in [0.15, 0.2) is 52.5 Å². The Morgan fingerprint density at radius 1 is 1.28 bits per heavy atom. The summed E-state index contributed by atoms with van der Waals surface area (Å²) in [6.07, 6.45) is 2.18. The molecule has 0 aliphatic rings. The fourth-order valence-electron chi connectivity index (χ4n) is 2.68. The van der Waals surface area contributed by atoms with Gasteiger partial charge >= 0.3 is 0 Å². The lowest BCUT2D eigenvalue weighted by molar-refractivity contribution is -0.124. The Balaban J connectivity index is 2.10. The zero-order valence-electron chi connectivity index (χ0n) is 16.3. The van der Waals surface area contributed by atoms with Gasteiger partial charge in [0.05, 0.1) is 6.26 Å². The second-order valence-electron chi connectivity index (χ2n) is 7.09. The van der Waals surface area contributed by atoms with Gasteiger partial charge in [0.15, 0.2) is 11.7 Å². The van der Waals surface area contributed by atoms with Gasteiger partial charge in [0.1, 0.15) is 5.76 Å². The van der Waals surface area contributed by atoms with Crippen LogP contribution in [0.25, 0.3) is 0 Å². The van der Waals surface area contributed by atoms with E-state index in [0.29, 0.717) is 22.9 Å². The Morgan fingerprint density at radius 2 is 2.00 bits per heavy atom. The molecule has 152 valence electrons. The fourth-order valence-corrected chi connectivity index (χ4v) is 3.23. The zero-order valence-corrected chi connectivity index (χ0v) is 17.8. The third-order valence-electron chi connectivity index (χ3n) is 4.57. The quantitative estimate of drug-likeness (QED) is 0.594. The van der Waals surface area contributed by atoms with E-state index in [0.717, 1.165) is 11.5 Å². The van der Waals surface area contributed by atoms with Crippen molar-refractivity contribution in [2.75, 3.05) is 4.90 Å². The number of benzene rings is 1. The molecular formula is C20H21ClN4O3S. The topological polar surface area (TPSA) is 88.3 Å². The van der Waals surface area contributed by atoms with Crippen molar-refractivity contribution in [1.82, 2.24) is 14.9 Å². The number of carbonyl (C=O) groups excluding carboxylic acids is 2. The molecule has 29 heavy (non-hydrogen) atoms. The van der Waals surface area contributed by atoms with Crippen LogP contribution < -0.4 is 10.2 Å². The third-order valence-corrected chi connectivity index (χ3v) is 5.32. The summed E-state index contributed by atoms with van der Waals surface area (Å²) in [5.41, 5.74) is 0.168. The molecule has 0 saturated heterocycles. The van der Waals surface area contributed by atoms with Gasteiger partial charge < -0.3 is 9.73 Å². The Kier molecular flexibility index (Phi) is 6.34. The maximum Gasteiger partial charge on any atom is 0.280 e. The molecule has 3 aromatic rings. The number of furan rings is 1. The first kappa shape index (κ1) is 21.0. The van der Waals surface area contributed by atoms with Crippen LogP contribution in [0.1, 0.15) is 49.5 Å². The summed E-state index contributed by atoms with van der Waals surface area (Å²) in [4.78, 5) is 28.0. The summed E-state index contributed by atoms with van der Waals surface area (Å²) >= 11 is 7.08. The van der Waals surface area contributed by atoms with Gasteiger partial charge in [-0.2, -0.15) is 0 Å². The van der Waals surface area contributed by atoms with Gasteiger partial charge in [-0.1, -0.05) is 23.0 Å². The largest absolute Gasteiger partial charge is 0.467 e. The molecule has 3 rings (SSSR count). The minimum Gasteiger partial charge on any atom is -0.467 e. The maximum atomic E-state index is 13.3. The first-order valence-electron chi connectivity index (χ1n) is 9.04. The highest BCUT2D eigenvalue weighted by Crippen LogP contribution is 2.31. The number of rotatable bonds is 7. The van der Waals surface area contributed by atoms with Gasteiger partial charge in [0.2, 0.25) is 0 Å². The lowest BCUT2D eigenvalue weighted by Crippen LogP contribution is -2.50. The molecule has 2 heterocycles. The van der Waals surface area contributed by atoms with E-state index in [-0.39, 0.29) is 11.6 Å². The summed E-state index contributed by atoms with van der Waals surface area (Å²) in [7, 11) is 0. The number of aromatic nitrogens is 2. The summed E-state index contributed by atoms with van der Waals surface area (Å²) in [5.74, 6) is -0.494. The van der Waals surface area contributed by atoms with Gasteiger partial charge in [-0.3, -0.25) is 14.5 Å². The predicted octanol–water partition coefficient (Wildman–Crippen LogP) is 4.48. The first-order valence-corrected chi connectivity index (χ1v) is 10.3. The molecule has 1 aromatic carbocycles. The average molecular weight is 433 g/mol. The van der Waals surface area contributed by atoms with E-state index in [9.17, 15) is 9.59 Å². The highest BCUT2D eigenvalue weighted by Gasteiger charge is 2.37. The number of hydrogen-bond donors (Lipinski definition) is 1. The van der Waals surface area contributed by atoms with E-state index < -0.39 is 17.5 Å². The van der Waals surface area contributed by atoms with Crippen LogP contribution >= 0.6 is 23.1 Å². The lowest BCUT2D eigenvalue weighted by Gasteiger charge is -2.33. The molecular weight excluding hydrogens is 412 g/mol. The van der Waals surface area contributed by atoms with Crippen LogP contribution in [0.4, 0.5) is 5.69 Å². The van der Waals surface area contributed by atoms with Gasteiger partial charge in [-0.15, -0.1) is 5.10 Å². The number of carbonyl (C=O) groups is 2. The molecule has 7 nitrogen and oxygen atoms in total. The second kappa shape index (κ2) is 8.75. The van der Waals surface area contributed by atoms with Crippen molar-refractivity contribution in [3.8, 4) is 0 Å². The predicted molar refractivity (Wildman–Crippen MR) is 112 cm³/mol. The lowest BCUT2D eigenvalue weighted by atomic mass is 10.0. The highest BCUT2D eigenvalue weighted by atomic mass is 35.5. The van der Waals surface area contributed by atoms with Crippen molar-refractivity contribution in [2.24, 2.45) is 0 Å². The van der Waals surface area contributed by atoms with Crippen LogP contribution in [0.5, 0.6) is 0 Å². The summed E-state index contributed by atoms with van der Waals surface area (Å²) in [6.45, 7) is 5.82. The number of hydrogen-bond acceptors (Lipinski definition) is 6. The Bertz CT molecular complexity index is 956. The van der Waals surface area contributed by atoms with E-state index in [1.54, 1.807) is 41.8 Å². The SMILES string of the molecule is CCC(C)(C)NC(=O)C(c1ccco1)N(C(=O)c1csnn1)c1ccc(Cl)cc1. The molecule has 1 atom stereocenters. The van der Waals surface area contributed by atoms with E-state index in [1.807, 2.05) is 20.8 Å². The molecule has 0 saturated carbocycles. The van der Waals surface area contributed by atoms with Gasteiger partial charge in [0.25, 0.3) is 11.8 Å². The van der Waals surface area contributed by atoms with Crippen LogP contribution in [0.3, 0.4) is 0 Å². The minimum absolute atomic E-state index is 0.143. The number of halogens is 1. The van der Waals surface area contributed by atoms with E-state index in [4.69, 9.17) is 16.0 Å². The minimum atomic E-state index is -1.04. The molecule has 1 N–H and O–H groups in total. The van der Waals surface area contributed by atoms with Crippen molar-refractivity contribution in [1.29, 1.82) is 0 Å². The number of anilines is 1. The molecule has 0 radical (unpaired) electrons. The first-order chi connectivity index (χ1) is 13.8. The van der Waals surface area contributed by atoms with Crippen molar-refractivity contribution in [3.63, 3.8) is 0 Å². The van der Waals surface area contributed by atoms with E-state index in [1.165, 1.54) is 11.2 Å². The second-order valence-corrected chi connectivity index (χ2v) is 8.13. The van der Waals surface area contributed by atoms with Crippen molar-refractivity contribution in [2.45, 2.75) is 38.8 Å². The summed E-state index contributed by atoms with van der Waals surface area (Å²) < 4.78 is 9.32. The van der Waals surface area contributed by atoms with Gasteiger partial charge in [0, 0.05) is 21.6 Å². The zero-order chi connectivity index (χ0) is 21.0. The Morgan fingerprint density at radius 3 is 2.55 bits per heavy atom. The van der Waals surface area contributed by atoms with Gasteiger partial charge in [-0.05, 0) is 68.2 Å². The third kappa shape index (κ3) is 4.83. The van der Waals surface area contributed by atoms with Crippen LogP contribution in [-0.4, -0.2) is 26.9 Å². The molecule has 0 aliphatic heterocycles. The number of nitrogens with one attached hydrogen (secondary N) is 1. The molecule has 2 amide bonds. The molecule has 0 aliphatic carbocycles. The number of nitrogens with zero attached hydrogens (tertiary/aromatic N) is 3. The van der Waals surface area contributed by atoms with Crippen molar-refractivity contribution >= 4 is 40.6 Å². The smallest absolute Gasteiger partial charge is 0.280 e. The molecule has 9 heteroatoms. The van der Waals surface area contributed by atoms with Crippen LogP contribution in [0, 0.1) is 0 Å². The molecule has 1 unspecified atom stereocenters. The van der Waals surface area contributed by atoms with Crippen LogP contribution in [0.2, 0.25) is 5.02 Å². The monoisotopic (exact) mass is 432 g/mol. The summed E-state index contributed by atoms with van der Waals surface area (Å²) in [5, 5.41) is 8.94. The maximum absolute atomic E-state index is 13.3. The molecule has 0 bridgehead atoms. The fraction of sp³-hybridized carbons (Fsp3) is 0.300. The van der Waals surface area contributed by atoms with Crippen LogP contribution in [-0.2, 0) is 4.79 Å². The number of amides is 2. The average Bonchev–Trinajstić information content (AvgIpc) is 3.40. The summed E-state index contributed by atoms with van der Waals surface area (Å²) in [6, 6.07) is 8.97. The standard InChI is InChI=1S/C20H21ClN4O3S/c1-4-20(2,3)22-18(26)17(16-6-5-11-28-16)25(14-9-7-13(21)8-10-14)19(27)15-12-29-24-23-15/h5-12,17H,4H2,1-3H3,(H,22,26). The molecule has 0 spiro atoms. The normalized spacial score (nSPS) is 12.4. The molecule has 2 aromatic heterocycles. The van der Waals surface area contributed by atoms with Crippen molar-refractivity contribution < 1.29 is 14.0 Å². The van der Waals surface area contributed by atoms with Crippen molar-refractivity contribution in [3.05, 3.63) is 64.5 Å². The highest BCUT2D eigenvalue weighted by molar-refractivity contribution is 7.03. The van der Waals surface area contributed by atoms with E-state index >= 15 is 0 Å². The Hall–Kier alpha value is -2.71.